The van der Waals surface area contributed by atoms with Gasteiger partial charge in [0.25, 0.3) is 5.91 Å². The summed E-state index contributed by atoms with van der Waals surface area (Å²) in [6.07, 6.45) is 3.39. The number of rotatable bonds is 7. The summed E-state index contributed by atoms with van der Waals surface area (Å²) in [6, 6.07) is 5.93. The van der Waals surface area contributed by atoms with Crippen LogP contribution in [0.15, 0.2) is 36.8 Å². The van der Waals surface area contributed by atoms with Crippen molar-refractivity contribution in [1.82, 2.24) is 15.3 Å². The molecule has 8 heteroatoms. The van der Waals surface area contributed by atoms with Gasteiger partial charge in [-0.3, -0.25) is 9.78 Å². The van der Waals surface area contributed by atoms with Crippen LogP contribution in [-0.4, -0.2) is 45.3 Å². The number of aromatic nitrogens is 2. The number of aliphatic hydroxyl groups is 1. The number of hydrogen-bond donors (Lipinski definition) is 3. The van der Waals surface area contributed by atoms with Crippen molar-refractivity contribution in [2.45, 2.75) is 45.5 Å². The first-order valence-electron chi connectivity index (χ1n) is 9.41. The Bertz CT molecular complexity index is 999. The molecule has 0 aliphatic rings. The Hall–Kier alpha value is -2.58. The van der Waals surface area contributed by atoms with Crippen molar-refractivity contribution in [3.63, 3.8) is 0 Å². The quantitative estimate of drug-likeness (QED) is 0.542. The lowest BCUT2D eigenvalue weighted by atomic mass is 10.0. The highest BCUT2D eigenvalue weighted by molar-refractivity contribution is 7.22. The Morgan fingerprint density at radius 1 is 1.31 bits per heavy atom. The van der Waals surface area contributed by atoms with E-state index in [-0.39, 0.29) is 12.6 Å². The molecule has 1 atom stereocenters. The van der Waals surface area contributed by atoms with Crippen molar-refractivity contribution in [3.8, 4) is 10.4 Å². The van der Waals surface area contributed by atoms with Gasteiger partial charge < -0.3 is 15.7 Å². The number of nitrogens with one attached hydrogen (secondary N) is 2. The number of amides is 1. The van der Waals surface area contributed by atoms with Gasteiger partial charge >= 0.3 is 0 Å². The summed E-state index contributed by atoms with van der Waals surface area (Å²) in [5.41, 5.74) is 0.502. The van der Waals surface area contributed by atoms with Crippen molar-refractivity contribution in [2.24, 2.45) is 0 Å². The number of halogens is 1. The summed E-state index contributed by atoms with van der Waals surface area (Å²) < 4.78 is 14.0. The zero-order valence-corrected chi connectivity index (χ0v) is 17.7. The fourth-order valence-electron chi connectivity index (χ4n) is 2.79. The fourth-order valence-corrected chi connectivity index (χ4v) is 3.81. The standard InChI is InChI=1S/C21H25FN4O2S/c1-12(2)26-18-14-9-16(13-5-7-23-8-6-13)29-20(14)25-10-15(18)19(27)24-11-17(22)21(3,4)28/h5-10,12,17,28H,11H2,1-4H3,(H,24,27)(H,25,26)/t17-/m1/s1. The number of fused-ring (bicyclic) bond motifs is 1. The van der Waals surface area contributed by atoms with E-state index in [9.17, 15) is 14.3 Å². The molecule has 0 saturated heterocycles. The first-order chi connectivity index (χ1) is 13.7. The van der Waals surface area contributed by atoms with E-state index in [0.29, 0.717) is 11.3 Å². The highest BCUT2D eigenvalue weighted by atomic mass is 32.1. The average Bonchev–Trinajstić information content (AvgIpc) is 3.10. The first-order valence-corrected chi connectivity index (χ1v) is 10.2. The van der Waals surface area contributed by atoms with Crippen LogP contribution in [0.2, 0.25) is 0 Å². The minimum Gasteiger partial charge on any atom is -0.387 e. The van der Waals surface area contributed by atoms with Gasteiger partial charge in [0, 0.05) is 34.9 Å². The van der Waals surface area contributed by atoms with Crippen molar-refractivity contribution < 1.29 is 14.3 Å². The zero-order chi connectivity index (χ0) is 21.2. The molecule has 0 spiro atoms. The molecule has 0 saturated carbocycles. The molecule has 3 rings (SSSR count). The van der Waals surface area contributed by atoms with Gasteiger partial charge in [0.2, 0.25) is 0 Å². The van der Waals surface area contributed by atoms with Gasteiger partial charge in [0.05, 0.1) is 23.4 Å². The molecular weight excluding hydrogens is 391 g/mol. The average molecular weight is 417 g/mol. The molecule has 0 unspecified atom stereocenters. The van der Waals surface area contributed by atoms with E-state index in [1.54, 1.807) is 12.4 Å². The van der Waals surface area contributed by atoms with E-state index in [0.717, 1.165) is 20.7 Å². The number of nitrogens with zero attached hydrogens (tertiary/aromatic N) is 2. The van der Waals surface area contributed by atoms with Gasteiger partial charge in [-0.05, 0) is 51.5 Å². The highest BCUT2D eigenvalue weighted by Gasteiger charge is 2.27. The third-order valence-electron chi connectivity index (χ3n) is 4.41. The number of hydrogen-bond acceptors (Lipinski definition) is 6. The summed E-state index contributed by atoms with van der Waals surface area (Å²) in [4.78, 5) is 23.1. The van der Waals surface area contributed by atoms with Gasteiger partial charge in [-0.25, -0.2) is 9.37 Å². The lowest BCUT2D eigenvalue weighted by Gasteiger charge is -2.23. The Balaban J connectivity index is 1.97. The number of alkyl halides is 1. The molecule has 3 heterocycles. The highest BCUT2D eigenvalue weighted by Crippen LogP contribution is 2.37. The first kappa shape index (κ1) is 21.1. The second-order valence-corrected chi connectivity index (χ2v) is 8.77. The molecule has 0 bridgehead atoms. The van der Waals surface area contributed by atoms with Crippen LogP contribution < -0.4 is 10.6 Å². The van der Waals surface area contributed by atoms with Crippen molar-refractivity contribution in [1.29, 1.82) is 0 Å². The minimum absolute atomic E-state index is 0.0849. The number of pyridine rings is 2. The van der Waals surface area contributed by atoms with Crippen molar-refractivity contribution in [3.05, 3.63) is 42.4 Å². The summed E-state index contributed by atoms with van der Waals surface area (Å²) in [5.74, 6) is -0.439. The maximum Gasteiger partial charge on any atom is 0.255 e. The van der Waals surface area contributed by atoms with E-state index >= 15 is 0 Å². The smallest absolute Gasteiger partial charge is 0.255 e. The fraction of sp³-hybridized carbons (Fsp3) is 0.381. The van der Waals surface area contributed by atoms with Crippen LogP contribution in [0.4, 0.5) is 10.1 Å². The number of thiophene rings is 1. The molecule has 29 heavy (non-hydrogen) atoms. The van der Waals surface area contributed by atoms with Crippen LogP contribution in [0.25, 0.3) is 20.7 Å². The molecule has 0 aliphatic heterocycles. The molecule has 154 valence electrons. The number of carbonyl (C=O) groups is 1. The van der Waals surface area contributed by atoms with Crippen molar-refractivity contribution in [2.75, 3.05) is 11.9 Å². The van der Waals surface area contributed by atoms with Crippen LogP contribution in [0, 0.1) is 0 Å². The lowest BCUT2D eigenvalue weighted by molar-refractivity contribution is -0.00177. The predicted octanol–water partition coefficient (Wildman–Crippen LogP) is 4.02. The lowest BCUT2D eigenvalue weighted by Crippen LogP contribution is -2.42. The van der Waals surface area contributed by atoms with E-state index in [4.69, 9.17) is 0 Å². The third kappa shape index (κ3) is 4.89. The third-order valence-corrected chi connectivity index (χ3v) is 5.51. The zero-order valence-electron chi connectivity index (χ0n) is 16.9. The normalized spacial score (nSPS) is 12.9. The Morgan fingerprint density at radius 2 is 2.00 bits per heavy atom. The summed E-state index contributed by atoms with van der Waals surface area (Å²) in [6.45, 7) is 6.42. The van der Waals surface area contributed by atoms with E-state index in [1.165, 1.54) is 31.4 Å². The van der Waals surface area contributed by atoms with Gasteiger partial charge in [-0.1, -0.05) is 0 Å². The van der Waals surface area contributed by atoms with Crippen molar-refractivity contribution >= 4 is 33.1 Å². The SMILES string of the molecule is CC(C)Nc1c(C(=O)NC[C@@H](F)C(C)(C)O)cnc2sc(-c3ccncc3)cc12. The van der Waals surface area contributed by atoms with Crippen LogP contribution >= 0.6 is 11.3 Å². The largest absolute Gasteiger partial charge is 0.387 e. The Labute approximate surface area is 173 Å². The summed E-state index contributed by atoms with van der Waals surface area (Å²) >= 11 is 1.53. The van der Waals surface area contributed by atoms with E-state index in [1.807, 2.05) is 32.0 Å². The molecule has 0 aliphatic carbocycles. The molecule has 6 nitrogen and oxygen atoms in total. The second-order valence-electron chi connectivity index (χ2n) is 7.74. The minimum atomic E-state index is -1.58. The molecular formula is C21H25FN4O2S. The van der Waals surface area contributed by atoms with Crippen LogP contribution in [0.5, 0.6) is 0 Å². The van der Waals surface area contributed by atoms with E-state index in [2.05, 4.69) is 20.6 Å². The maximum absolute atomic E-state index is 14.0. The number of carbonyl (C=O) groups excluding carboxylic acids is 1. The van der Waals surface area contributed by atoms with Gasteiger partial charge in [-0.15, -0.1) is 11.3 Å². The molecule has 3 aromatic rings. The topological polar surface area (TPSA) is 87.1 Å². The second kappa shape index (κ2) is 8.42. The van der Waals surface area contributed by atoms with E-state index < -0.39 is 17.7 Å². The van der Waals surface area contributed by atoms with Gasteiger partial charge in [0.1, 0.15) is 11.0 Å². The number of anilines is 1. The van der Waals surface area contributed by atoms with Gasteiger partial charge in [0.15, 0.2) is 0 Å². The van der Waals surface area contributed by atoms with Crippen LogP contribution in [0.3, 0.4) is 0 Å². The Kier molecular flexibility index (Phi) is 6.14. The van der Waals surface area contributed by atoms with Gasteiger partial charge in [-0.2, -0.15) is 0 Å². The molecule has 0 radical (unpaired) electrons. The molecule has 1 amide bonds. The Morgan fingerprint density at radius 3 is 2.62 bits per heavy atom. The summed E-state index contributed by atoms with van der Waals surface area (Å²) in [7, 11) is 0. The molecule has 3 aromatic heterocycles. The predicted molar refractivity (Wildman–Crippen MR) is 115 cm³/mol. The monoisotopic (exact) mass is 416 g/mol. The molecule has 0 fully saturated rings. The molecule has 0 aromatic carbocycles. The van der Waals surface area contributed by atoms with Crippen LogP contribution in [-0.2, 0) is 0 Å². The van der Waals surface area contributed by atoms with Crippen LogP contribution in [0.1, 0.15) is 38.1 Å². The molecule has 3 N–H and O–H groups in total. The summed E-state index contributed by atoms with van der Waals surface area (Å²) in [5, 5.41) is 16.5. The maximum atomic E-state index is 14.0.